The molecule has 3 N–H and O–H groups in total. The van der Waals surface area contributed by atoms with Gasteiger partial charge in [0.2, 0.25) is 0 Å². The van der Waals surface area contributed by atoms with Crippen molar-refractivity contribution in [3.63, 3.8) is 0 Å². The average Bonchev–Trinajstić information content (AvgIpc) is 3.39. The summed E-state index contributed by atoms with van der Waals surface area (Å²) in [7, 11) is 0. The number of hydrogen-bond acceptors (Lipinski definition) is 5. The third-order valence-electron chi connectivity index (χ3n) is 4.61. The maximum atomic E-state index is 13.1. The van der Waals surface area contributed by atoms with Gasteiger partial charge in [-0.15, -0.1) is 0 Å². The van der Waals surface area contributed by atoms with E-state index in [1.165, 1.54) is 4.57 Å². The van der Waals surface area contributed by atoms with Crippen LogP contribution in [0.3, 0.4) is 0 Å². The molecule has 1 fully saturated rings. The first-order valence-electron chi connectivity index (χ1n) is 8.38. The molecule has 0 radical (unpaired) electrons. The van der Waals surface area contributed by atoms with Gasteiger partial charge in [-0.1, -0.05) is 6.07 Å². The number of rotatable bonds is 4. The Kier molecular flexibility index (Phi) is 4.29. The number of carbonyl (C=O) groups is 1. The van der Waals surface area contributed by atoms with Crippen molar-refractivity contribution in [2.45, 2.75) is 39.5 Å². The Hall–Kier alpha value is -2.76. The Bertz CT molecular complexity index is 911. The zero-order valence-corrected chi connectivity index (χ0v) is 14.6. The van der Waals surface area contributed by atoms with Crippen molar-refractivity contribution in [1.82, 2.24) is 4.57 Å². The lowest BCUT2D eigenvalue weighted by Crippen LogP contribution is -2.28. The predicted molar refractivity (Wildman–Crippen MR) is 95.5 cm³/mol. The van der Waals surface area contributed by atoms with E-state index in [0.717, 1.165) is 18.4 Å². The molecule has 1 aliphatic rings. The Morgan fingerprint density at radius 1 is 1.36 bits per heavy atom. The summed E-state index contributed by atoms with van der Waals surface area (Å²) in [6.07, 6.45) is 1.83. The highest BCUT2D eigenvalue weighted by atomic mass is 16.5. The van der Waals surface area contributed by atoms with Crippen LogP contribution in [-0.4, -0.2) is 22.2 Å². The fourth-order valence-corrected chi connectivity index (χ4v) is 3.10. The molecule has 2 aromatic rings. The smallest absolute Gasteiger partial charge is 0.341 e. The van der Waals surface area contributed by atoms with Crippen molar-refractivity contribution in [1.29, 1.82) is 0 Å². The molecule has 0 bridgehead atoms. The van der Waals surface area contributed by atoms with E-state index in [1.807, 2.05) is 6.92 Å². The zero-order valence-electron chi connectivity index (χ0n) is 14.6. The van der Waals surface area contributed by atoms with Gasteiger partial charge in [-0.3, -0.25) is 9.36 Å². The lowest BCUT2D eigenvalue weighted by Gasteiger charge is -2.19. The minimum Gasteiger partial charge on any atom is -0.508 e. The van der Waals surface area contributed by atoms with Crippen molar-refractivity contribution >= 4 is 11.8 Å². The normalized spacial score (nSPS) is 13.7. The molecular formula is C19H22N2O4. The fourth-order valence-electron chi connectivity index (χ4n) is 3.10. The largest absolute Gasteiger partial charge is 0.508 e. The second kappa shape index (κ2) is 6.27. The Balaban J connectivity index is 2.35. The van der Waals surface area contributed by atoms with Gasteiger partial charge in [0, 0.05) is 11.1 Å². The van der Waals surface area contributed by atoms with E-state index in [1.54, 1.807) is 32.0 Å². The lowest BCUT2D eigenvalue weighted by atomic mass is 10.0. The molecular weight excluding hydrogens is 320 g/mol. The zero-order chi connectivity index (χ0) is 18.3. The van der Waals surface area contributed by atoms with E-state index in [9.17, 15) is 14.7 Å². The third kappa shape index (κ3) is 2.88. The highest BCUT2D eigenvalue weighted by Gasteiger charge is 2.31. The number of aromatic hydroxyl groups is 1. The topological polar surface area (TPSA) is 94.5 Å². The molecule has 0 atom stereocenters. The summed E-state index contributed by atoms with van der Waals surface area (Å²) in [4.78, 5) is 25.4. The van der Waals surface area contributed by atoms with Crippen LogP contribution >= 0.6 is 0 Å². The number of carbonyl (C=O) groups excluding carboxylic acids is 1. The van der Waals surface area contributed by atoms with E-state index in [-0.39, 0.29) is 35.2 Å². The number of phenolic OH excluding ortho intramolecular Hbond substituents is 1. The lowest BCUT2D eigenvalue weighted by molar-refractivity contribution is 0.0527. The summed E-state index contributed by atoms with van der Waals surface area (Å²) in [5, 5.41) is 10.1. The third-order valence-corrected chi connectivity index (χ3v) is 4.61. The van der Waals surface area contributed by atoms with Gasteiger partial charge in [-0.2, -0.15) is 0 Å². The number of esters is 1. The van der Waals surface area contributed by atoms with Crippen molar-refractivity contribution in [3.8, 4) is 11.4 Å². The first-order valence-corrected chi connectivity index (χ1v) is 8.38. The van der Waals surface area contributed by atoms with E-state index < -0.39 is 5.97 Å². The maximum absolute atomic E-state index is 13.1. The first kappa shape index (κ1) is 17.1. The summed E-state index contributed by atoms with van der Waals surface area (Å²) in [6, 6.07) is 4.86. The number of nitrogens with two attached hydrogens (primary N) is 1. The van der Waals surface area contributed by atoms with Gasteiger partial charge in [0.05, 0.1) is 12.3 Å². The number of anilines is 1. The molecule has 3 rings (SSSR count). The molecule has 0 unspecified atom stereocenters. The number of aryl methyl sites for hydroxylation is 1. The Morgan fingerprint density at radius 3 is 2.64 bits per heavy atom. The standard InChI is InChI=1S/C19H22N2O4/c1-4-25-19(24)14-9-13(12-6-7-12)18(23)21(17(14)20)16-10(2)5-8-15(22)11(16)3/h5,8-9,12,22H,4,6-7,20H2,1-3H3. The molecule has 0 amide bonds. The van der Waals surface area contributed by atoms with Gasteiger partial charge < -0.3 is 15.6 Å². The van der Waals surface area contributed by atoms with Crippen molar-refractivity contribution in [2.24, 2.45) is 0 Å². The van der Waals surface area contributed by atoms with Crippen LogP contribution in [0.1, 0.15) is 52.7 Å². The molecule has 1 aromatic heterocycles. The van der Waals surface area contributed by atoms with Crippen LogP contribution in [0.2, 0.25) is 0 Å². The second-order valence-electron chi connectivity index (χ2n) is 6.41. The maximum Gasteiger partial charge on any atom is 0.341 e. The quantitative estimate of drug-likeness (QED) is 0.833. The molecule has 1 heterocycles. The summed E-state index contributed by atoms with van der Waals surface area (Å²) < 4.78 is 6.43. The fraction of sp³-hybridized carbons (Fsp3) is 0.368. The Labute approximate surface area is 145 Å². The molecule has 0 aliphatic heterocycles. The number of benzene rings is 1. The highest BCUT2D eigenvalue weighted by Crippen LogP contribution is 2.40. The number of hydrogen-bond donors (Lipinski definition) is 2. The molecule has 132 valence electrons. The average molecular weight is 342 g/mol. The number of ether oxygens (including phenoxy) is 1. The van der Waals surface area contributed by atoms with E-state index >= 15 is 0 Å². The second-order valence-corrected chi connectivity index (χ2v) is 6.41. The van der Waals surface area contributed by atoms with E-state index in [4.69, 9.17) is 10.5 Å². The van der Waals surface area contributed by atoms with Gasteiger partial charge >= 0.3 is 5.97 Å². The molecule has 1 saturated carbocycles. The number of nitrogens with zero attached hydrogens (tertiary/aromatic N) is 1. The summed E-state index contributed by atoms with van der Waals surface area (Å²) in [6.45, 7) is 5.49. The van der Waals surface area contributed by atoms with Crippen LogP contribution in [0.15, 0.2) is 23.0 Å². The molecule has 6 heteroatoms. The van der Waals surface area contributed by atoms with Crippen LogP contribution in [-0.2, 0) is 4.74 Å². The van der Waals surface area contributed by atoms with Gasteiger partial charge in [-0.25, -0.2) is 4.79 Å². The van der Waals surface area contributed by atoms with Crippen LogP contribution < -0.4 is 11.3 Å². The van der Waals surface area contributed by atoms with Crippen LogP contribution in [0.5, 0.6) is 5.75 Å². The summed E-state index contributed by atoms with van der Waals surface area (Å²) >= 11 is 0. The number of aromatic nitrogens is 1. The summed E-state index contributed by atoms with van der Waals surface area (Å²) in [5.74, 6) is -0.303. The summed E-state index contributed by atoms with van der Waals surface area (Å²) in [5.41, 5.74) is 8.55. The van der Waals surface area contributed by atoms with Crippen molar-refractivity contribution < 1.29 is 14.6 Å². The van der Waals surface area contributed by atoms with Crippen LogP contribution in [0.25, 0.3) is 5.69 Å². The molecule has 0 spiro atoms. The molecule has 0 saturated heterocycles. The minimum absolute atomic E-state index is 0.0321. The highest BCUT2D eigenvalue weighted by molar-refractivity contribution is 5.95. The predicted octanol–water partition coefficient (Wildman–Crippen LogP) is 2.80. The van der Waals surface area contributed by atoms with Crippen LogP contribution in [0.4, 0.5) is 5.82 Å². The molecule has 1 aliphatic carbocycles. The SMILES string of the molecule is CCOC(=O)c1cc(C2CC2)c(=O)n(-c2c(C)ccc(O)c2C)c1N. The van der Waals surface area contributed by atoms with Gasteiger partial charge in [0.1, 0.15) is 17.1 Å². The van der Waals surface area contributed by atoms with Crippen molar-refractivity contribution in [3.05, 3.63) is 50.8 Å². The van der Waals surface area contributed by atoms with Gasteiger partial charge in [0.15, 0.2) is 0 Å². The first-order chi connectivity index (χ1) is 11.9. The molecule has 1 aromatic carbocycles. The molecule has 25 heavy (non-hydrogen) atoms. The number of nitrogen functional groups attached to an aromatic ring is 1. The molecule has 6 nitrogen and oxygen atoms in total. The van der Waals surface area contributed by atoms with E-state index in [2.05, 4.69) is 0 Å². The Morgan fingerprint density at radius 2 is 2.04 bits per heavy atom. The van der Waals surface area contributed by atoms with Crippen molar-refractivity contribution in [2.75, 3.05) is 12.3 Å². The minimum atomic E-state index is -0.550. The number of phenols is 1. The number of pyridine rings is 1. The van der Waals surface area contributed by atoms with Crippen LogP contribution in [0, 0.1) is 13.8 Å². The van der Waals surface area contributed by atoms with E-state index in [0.29, 0.717) is 16.8 Å². The van der Waals surface area contributed by atoms with Gasteiger partial charge in [-0.05, 0) is 57.2 Å². The monoisotopic (exact) mass is 342 g/mol. The van der Waals surface area contributed by atoms with Gasteiger partial charge in [0.25, 0.3) is 5.56 Å².